The van der Waals surface area contributed by atoms with E-state index < -0.39 is 0 Å². The fourth-order valence-electron chi connectivity index (χ4n) is 1.97. The molecule has 7 heteroatoms. The number of nitrogens with one attached hydrogen (secondary N) is 1. The lowest BCUT2D eigenvalue weighted by Crippen LogP contribution is -2.27. The van der Waals surface area contributed by atoms with Crippen LogP contribution in [0.5, 0.6) is 0 Å². The van der Waals surface area contributed by atoms with Crippen LogP contribution in [0, 0.1) is 0 Å². The molecule has 2 aromatic rings. The minimum absolute atomic E-state index is 0.121. The molecule has 1 aliphatic rings. The highest BCUT2D eigenvalue weighted by Crippen LogP contribution is 2.43. The van der Waals surface area contributed by atoms with Crippen molar-refractivity contribution in [1.82, 2.24) is 19.1 Å². The van der Waals surface area contributed by atoms with E-state index in [0.29, 0.717) is 5.92 Å². The van der Waals surface area contributed by atoms with Gasteiger partial charge in [-0.2, -0.15) is 9.47 Å². The van der Waals surface area contributed by atoms with E-state index in [4.69, 9.17) is 0 Å². The van der Waals surface area contributed by atoms with Crippen LogP contribution in [0.25, 0.3) is 0 Å². The van der Waals surface area contributed by atoms with Gasteiger partial charge >= 0.3 is 0 Å². The average molecular weight is 342 g/mol. The van der Waals surface area contributed by atoms with E-state index in [9.17, 15) is 0 Å². The molecule has 1 fully saturated rings. The van der Waals surface area contributed by atoms with E-state index in [1.807, 2.05) is 12.4 Å². The van der Waals surface area contributed by atoms with E-state index in [-0.39, 0.29) is 5.54 Å². The minimum atomic E-state index is 0.121. The predicted octanol–water partition coefficient (Wildman–Crippen LogP) is 3.22. The third-order valence-electron chi connectivity index (χ3n) is 3.39. The van der Waals surface area contributed by atoms with Crippen molar-refractivity contribution in [3.05, 3.63) is 22.7 Å². The van der Waals surface area contributed by atoms with Crippen LogP contribution in [0.15, 0.2) is 16.9 Å². The number of halogens is 1. The number of hydrogen-bond acceptors (Lipinski definition) is 5. The van der Waals surface area contributed by atoms with Crippen LogP contribution in [-0.4, -0.2) is 25.7 Å². The second-order valence-electron chi connectivity index (χ2n) is 5.29. The van der Waals surface area contributed by atoms with Gasteiger partial charge in [0.1, 0.15) is 5.82 Å². The zero-order valence-corrected chi connectivity index (χ0v) is 13.3. The van der Waals surface area contributed by atoms with Gasteiger partial charge in [-0.1, -0.05) is 13.8 Å². The van der Waals surface area contributed by atoms with Gasteiger partial charge in [0.2, 0.25) is 5.13 Å². The quantitative estimate of drug-likeness (QED) is 0.906. The van der Waals surface area contributed by atoms with Crippen molar-refractivity contribution in [1.29, 1.82) is 0 Å². The second-order valence-corrected chi connectivity index (χ2v) is 6.96. The van der Waals surface area contributed by atoms with E-state index in [1.54, 1.807) is 0 Å². The fourth-order valence-corrected chi connectivity index (χ4v) is 2.96. The van der Waals surface area contributed by atoms with Crippen molar-refractivity contribution in [2.75, 3.05) is 11.9 Å². The zero-order valence-electron chi connectivity index (χ0n) is 10.9. The summed E-state index contributed by atoms with van der Waals surface area (Å²) in [5, 5.41) is 8.70. The van der Waals surface area contributed by atoms with Crippen molar-refractivity contribution in [3.8, 4) is 0 Å². The SMILES string of the molecule is CC(C)c1nsc(NCC2(n3cc(Br)cn3)CC2)n1. The fraction of sp³-hybridized carbons (Fsp3) is 0.583. The summed E-state index contributed by atoms with van der Waals surface area (Å²) in [4.78, 5) is 4.50. The van der Waals surface area contributed by atoms with Crippen LogP contribution in [0.2, 0.25) is 0 Å². The number of hydrogen-bond donors (Lipinski definition) is 1. The number of rotatable bonds is 5. The molecule has 2 aromatic heterocycles. The first-order valence-electron chi connectivity index (χ1n) is 6.37. The molecule has 0 amide bonds. The summed E-state index contributed by atoms with van der Waals surface area (Å²) in [6.45, 7) is 5.07. The van der Waals surface area contributed by atoms with Gasteiger partial charge in [0, 0.05) is 30.2 Å². The summed E-state index contributed by atoms with van der Waals surface area (Å²) >= 11 is 4.88. The maximum absolute atomic E-state index is 4.50. The van der Waals surface area contributed by atoms with Crippen molar-refractivity contribution in [2.45, 2.75) is 38.1 Å². The normalized spacial score (nSPS) is 16.8. The summed E-state index contributed by atoms with van der Waals surface area (Å²) < 4.78 is 7.43. The Kier molecular flexibility index (Phi) is 3.34. The Morgan fingerprint density at radius 3 is 2.84 bits per heavy atom. The first-order valence-corrected chi connectivity index (χ1v) is 7.94. The lowest BCUT2D eigenvalue weighted by molar-refractivity contribution is 0.453. The maximum atomic E-state index is 4.50. The Bertz CT molecular complexity index is 572. The summed E-state index contributed by atoms with van der Waals surface area (Å²) in [6, 6.07) is 0. The monoisotopic (exact) mass is 341 g/mol. The molecule has 0 bridgehead atoms. The van der Waals surface area contributed by atoms with Crippen molar-refractivity contribution in [3.63, 3.8) is 0 Å². The molecule has 3 rings (SSSR count). The summed E-state index contributed by atoms with van der Waals surface area (Å²) in [5.41, 5.74) is 0.121. The molecule has 1 saturated carbocycles. The Morgan fingerprint density at radius 1 is 1.53 bits per heavy atom. The van der Waals surface area contributed by atoms with Crippen LogP contribution >= 0.6 is 27.5 Å². The molecule has 5 nitrogen and oxygen atoms in total. The molecule has 2 heterocycles. The Labute approximate surface area is 124 Å². The van der Waals surface area contributed by atoms with E-state index in [1.165, 1.54) is 11.5 Å². The molecule has 0 aliphatic heterocycles. The van der Waals surface area contributed by atoms with Gasteiger partial charge in [-0.05, 0) is 28.8 Å². The highest BCUT2D eigenvalue weighted by molar-refractivity contribution is 9.10. The molecular weight excluding hydrogens is 326 g/mol. The molecule has 102 valence electrons. The van der Waals surface area contributed by atoms with Crippen molar-refractivity contribution in [2.24, 2.45) is 0 Å². The van der Waals surface area contributed by atoms with Crippen LogP contribution in [0.1, 0.15) is 38.4 Å². The first kappa shape index (κ1) is 13.1. The molecular formula is C12H16BrN5S. The largest absolute Gasteiger partial charge is 0.358 e. The van der Waals surface area contributed by atoms with Crippen LogP contribution in [-0.2, 0) is 5.54 Å². The lowest BCUT2D eigenvalue weighted by Gasteiger charge is -2.16. The molecule has 0 saturated heterocycles. The summed E-state index contributed by atoms with van der Waals surface area (Å²) in [7, 11) is 0. The van der Waals surface area contributed by atoms with Gasteiger partial charge < -0.3 is 5.32 Å². The molecule has 0 atom stereocenters. The highest BCUT2D eigenvalue weighted by atomic mass is 79.9. The topological polar surface area (TPSA) is 55.6 Å². The standard InChI is InChI=1S/C12H16BrN5S/c1-8(2)10-16-11(19-17-10)14-7-12(3-4-12)18-6-9(13)5-15-18/h5-6,8H,3-4,7H2,1-2H3,(H,14,16,17). The van der Waals surface area contributed by atoms with Crippen LogP contribution < -0.4 is 5.32 Å². The molecule has 1 N–H and O–H groups in total. The van der Waals surface area contributed by atoms with Crippen molar-refractivity contribution >= 4 is 32.6 Å². The summed E-state index contributed by atoms with van der Waals surface area (Å²) in [6.07, 6.45) is 6.18. The first-order chi connectivity index (χ1) is 9.09. The maximum Gasteiger partial charge on any atom is 0.202 e. The zero-order chi connectivity index (χ0) is 13.5. The van der Waals surface area contributed by atoms with Gasteiger partial charge in [0.05, 0.1) is 16.2 Å². The predicted molar refractivity (Wildman–Crippen MR) is 79.6 cm³/mol. The van der Waals surface area contributed by atoms with Crippen LogP contribution in [0.4, 0.5) is 5.13 Å². The second kappa shape index (κ2) is 4.86. The van der Waals surface area contributed by atoms with Gasteiger partial charge in [0.25, 0.3) is 0 Å². The van der Waals surface area contributed by atoms with Crippen molar-refractivity contribution < 1.29 is 0 Å². The third-order valence-corrected chi connectivity index (χ3v) is 4.49. The van der Waals surface area contributed by atoms with Gasteiger partial charge in [-0.3, -0.25) is 4.68 Å². The Morgan fingerprint density at radius 2 is 2.32 bits per heavy atom. The van der Waals surface area contributed by atoms with Gasteiger partial charge in [0.15, 0.2) is 0 Å². The van der Waals surface area contributed by atoms with Gasteiger partial charge in [-0.25, -0.2) is 4.98 Å². The Hall–Kier alpha value is -0.950. The van der Waals surface area contributed by atoms with E-state index >= 15 is 0 Å². The lowest BCUT2D eigenvalue weighted by atomic mass is 10.2. The molecule has 1 aliphatic carbocycles. The van der Waals surface area contributed by atoms with E-state index in [2.05, 4.69) is 54.2 Å². The molecule has 0 spiro atoms. The smallest absolute Gasteiger partial charge is 0.202 e. The number of nitrogens with zero attached hydrogens (tertiary/aromatic N) is 4. The number of aromatic nitrogens is 4. The number of anilines is 1. The molecule has 19 heavy (non-hydrogen) atoms. The van der Waals surface area contributed by atoms with Gasteiger partial charge in [-0.15, -0.1) is 0 Å². The van der Waals surface area contributed by atoms with Crippen LogP contribution in [0.3, 0.4) is 0 Å². The molecule has 0 radical (unpaired) electrons. The van der Waals surface area contributed by atoms with E-state index in [0.717, 1.165) is 34.8 Å². The minimum Gasteiger partial charge on any atom is -0.358 e. The summed E-state index contributed by atoms with van der Waals surface area (Å²) in [5.74, 6) is 1.29. The average Bonchev–Trinajstić information content (AvgIpc) is 2.82. The molecule has 0 unspecified atom stereocenters. The highest BCUT2D eigenvalue weighted by Gasteiger charge is 2.45. The molecule has 0 aromatic carbocycles. The Balaban J connectivity index is 1.65. The third kappa shape index (κ3) is 2.67.